The number of carbonyl (C=O) groups excluding carboxylic acids is 3. The first-order chi connectivity index (χ1) is 16.8. The van der Waals surface area contributed by atoms with Crippen LogP contribution in [0.3, 0.4) is 0 Å². The molecule has 1 fully saturated rings. The Bertz CT molecular complexity index is 1030. The van der Waals surface area contributed by atoms with Crippen molar-refractivity contribution in [2.45, 2.75) is 57.7 Å². The molecule has 0 saturated carbocycles. The Labute approximate surface area is 204 Å². The summed E-state index contributed by atoms with van der Waals surface area (Å²) < 4.78 is 0. The second-order valence-electron chi connectivity index (χ2n) is 9.03. The Morgan fingerprint density at radius 1 is 1.09 bits per heavy atom. The molecule has 10 nitrogen and oxygen atoms in total. The van der Waals surface area contributed by atoms with Crippen LogP contribution in [0, 0.1) is 5.92 Å². The van der Waals surface area contributed by atoms with Gasteiger partial charge in [-0.3, -0.25) is 19.4 Å². The topological polar surface area (TPSA) is 142 Å². The highest BCUT2D eigenvalue weighted by atomic mass is 16.4. The molecule has 1 saturated heterocycles. The summed E-state index contributed by atoms with van der Waals surface area (Å²) in [6.07, 6.45) is 5.64. The fourth-order valence-electron chi connectivity index (χ4n) is 4.16. The summed E-state index contributed by atoms with van der Waals surface area (Å²) in [4.78, 5) is 60.2. The molecule has 2 unspecified atom stereocenters. The first-order valence-electron chi connectivity index (χ1n) is 11.7. The predicted molar refractivity (Wildman–Crippen MR) is 127 cm³/mol. The molecule has 1 aromatic carbocycles. The number of aliphatic carboxylic acids is 1. The Morgan fingerprint density at radius 2 is 1.83 bits per heavy atom. The molecule has 3 atom stereocenters. The molecule has 10 heteroatoms. The number of carboxylic acid groups (broad SMARTS) is 1. The molecule has 1 aliphatic heterocycles. The van der Waals surface area contributed by atoms with Gasteiger partial charge in [-0.2, -0.15) is 0 Å². The van der Waals surface area contributed by atoms with Crippen LogP contribution >= 0.6 is 0 Å². The molecule has 3 N–H and O–H groups in total. The SMILES string of the molecule is CC(C)CC(NC(=O)C(Cc1ccccc1)NC(=O)c1cnccn1)C(=O)N1CCC[C@H]1C(=O)O. The monoisotopic (exact) mass is 481 g/mol. The molecule has 186 valence electrons. The van der Waals surface area contributed by atoms with Gasteiger partial charge in [0, 0.05) is 25.4 Å². The molecule has 0 aliphatic carbocycles. The number of carboxylic acids is 1. The lowest BCUT2D eigenvalue weighted by Crippen LogP contribution is -2.56. The molecular weight excluding hydrogens is 450 g/mol. The average Bonchev–Trinajstić information content (AvgIpc) is 3.34. The van der Waals surface area contributed by atoms with Gasteiger partial charge in [-0.25, -0.2) is 9.78 Å². The first kappa shape index (κ1) is 25.8. The maximum absolute atomic E-state index is 13.4. The summed E-state index contributed by atoms with van der Waals surface area (Å²) in [5.41, 5.74) is 0.888. The Kier molecular flexibility index (Phi) is 8.88. The number of likely N-dealkylation sites (tertiary alicyclic amines) is 1. The van der Waals surface area contributed by atoms with Crippen molar-refractivity contribution >= 4 is 23.7 Å². The maximum Gasteiger partial charge on any atom is 0.326 e. The van der Waals surface area contributed by atoms with Crippen LogP contribution in [-0.2, 0) is 20.8 Å². The van der Waals surface area contributed by atoms with E-state index in [-0.39, 0.29) is 18.0 Å². The number of aromatic nitrogens is 2. The lowest BCUT2D eigenvalue weighted by atomic mass is 10.00. The van der Waals surface area contributed by atoms with Crippen molar-refractivity contribution < 1.29 is 24.3 Å². The van der Waals surface area contributed by atoms with Crippen LogP contribution in [-0.4, -0.2) is 68.3 Å². The summed E-state index contributed by atoms with van der Waals surface area (Å²) in [5.74, 6) is -2.50. The summed E-state index contributed by atoms with van der Waals surface area (Å²) in [7, 11) is 0. The van der Waals surface area contributed by atoms with Gasteiger partial charge in [-0.1, -0.05) is 44.2 Å². The third kappa shape index (κ3) is 7.08. The van der Waals surface area contributed by atoms with E-state index >= 15 is 0 Å². The van der Waals surface area contributed by atoms with Crippen molar-refractivity contribution in [1.82, 2.24) is 25.5 Å². The minimum atomic E-state index is -1.05. The highest BCUT2D eigenvalue weighted by Gasteiger charge is 2.38. The van der Waals surface area contributed by atoms with Gasteiger partial charge < -0.3 is 20.6 Å². The smallest absolute Gasteiger partial charge is 0.326 e. The van der Waals surface area contributed by atoms with E-state index in [0.29, 0.717) is 25.8 Å². The van der Waals surface area contributed by atoms with Crippen molar-refractivity contribution in [1.29, 1.82) is 0 Å². The number of hydrogen-bond acceptors (Lipinski definition) is 6. The minimum absolute atomic E-state index is 0.0644. The number of amides is 3. The predicted octanol–water partition coefficient (Wildman–Crippen LogP) is 1.42. The third-order valence-electron chi connectivity index (χ3n) is 5.84. The highest BCUT2D eigenvalue weighted by Crippen LogP contribution is 2.20. The Hall–Kier alpha value is -3.82. The zero-order valence-corrected chi connectivity index (χ0v) is 19.9. The summed E-state index contributed by atoms with van der Waals surface area (Å²) >= 11 is 0. The van der Waals surface area contributed by atoms with E-state index < -0.39 is 41.8 Å². The van der Waals surface area contributed by atoms with Crippen LogP contribution in [0.25, 0.3) is 0 Å². The maximum atomic E-state index is 13.4. The molecule has 1 aliphatic rings. The van der Waals surface area contributed by atoms with Gasteiger partial charge in [-0.05, 0) is 30.7 Å². The molecule has 0 spiro atoms. The van der Waals surface area contributed by atoms with Crippen LogP contribution in [0.5, 0.6) is 0 Å². The van der Waals surface area contributed by atoms with Gasteiger partial charge in [0.25, 0.3) is 5.91 Å². The van der Waals surface area contributed by atoms with E-state index in [4.69, 9.17) is 0 Å². The number of carbonyl (C=O) groups is 4. The zero-order chi connectivity index (χ0) is 25.4. The van der Waals surface area contributed by atoms with Crippen LogP contribution in [0.4, 0.5) is 0 Å². The van der Waals surface area contributed by atoms with Gasteiger partial charge in [0.05, 0.1) is 6.20 Å². The van der Waals surface area contributed by atoms with Gasteiger partial charge in [0.15, 0.2) is 0 Å². The number of nitrogens with one attached hydrogen (secondary N) is 2. The van der Waals surface area contributed by atoms with Crippen LogP contribution in [0.2, 0.25) is 0 Å². The molecule has 0 bridgehead atoms. The van der Waals surface area contributed by atoms with E-state index in [0.717, 1.165) is 5.56 Å². The second kappa shape index (κ2) is 12.0. The second-order valence-corrected chi connectivity index (χ2v) is 9.03. The summed E-state index contributed by atoms with van der Waals surface area (Å²) in [6, 6.07) is 6.41. The van der Waals surface area contributed by atoms with Crippen molar-refractivity contribution in [3.63, 3.8) is 0 Å². The van der Waals surface area contributed by atoms with Crippen LogP contribution in [0.1, 0.15) is 49.2 Å². The van der Waals surface area contributed by atoms with E-state index in [1.54, 1.807) is 0 Å². The van der Waals surface area contributed by atoms with Crippen molar-refractivity contribution in [2.75, 3.05) is 6.54 Å². The molecule has 0 radical (unpaired) electrons. The number of rotatable bonds is 10. The number of benzene rings is 1. The van der Waals surface area contributed by atoms with Crippen LogP contribution in [0.15, 0.2) is 48.9 Å². The minimum Gasteiger partial charge on any atom is -0.480 e. The standard InChI is InChI=1S/C25H31N5O5/c1-16(2)13-19(24(33)30-12-6-9-21(30)25(34)35)29-22(31)18(14-17-7-4-3-5-8-17)28-23(32)20-15-26-10-11-27-20/h3-5,7-8,10-11,15-16,18-19,21H,6,9,12-14H2,1-2H3,(H,28,32)(H,29,31)(H,34,35)/t18?,19?,21-/m0/s1. The molecule has 3 amide bonds. The lowest BCUT2D eigenvalue weighted by molar-refractivity contribution is -0.149. The van der Waals surface area contributed by atoms with E-state index in [9.17, 15) is 24.3 Å². The highest BCUT2D eigenvalue weighted by molar-refractivity contribution is 5.97. The molecule has 35 heavy (non-hydrogen) atoms. The lowest BCUT2D eigenvalue weighted by Gasteiger charge is -2.29. The molecule has 1 aromatic heterocycles. The Balaban J connectivity index is 1.80. The fraction of sp³-hybridized carbons (Fsp3) is 0.440. The van der Waals surface area contributed by atoms with E-state index in [1.165, 1.54) is 23.5 Å². The van der Waals surface area contributed by atoms with E-state index in [2.05, 4.69) is 20.6 Å². The van der Waals surface area contributed by atoms with Gasteiger partial charge in [0.1, 0.15) is 23.8 Å². The van der Waals surface area contributed by atoms with Crippen molar-refractivity contribution in [3.05, 3.63) is 60.2 Å². The quantitative estimate of drug-likeness (QED) is 0.466. The van der Waals surface area contributed by atoms with Gasteiger partial charge in [-0.15, -0.1) is 0 Å². The Morgan fingerprint density at radius 3 is 2.46 bits per heavy atom. The first-order valence-corrected chi connectivity index (χ1v) is 11.7. The van der Waals surface area contributed by atoms with Crippen molar-refractivity contribution in [2.24, 2.45) is 5.92 Å². The molecule has 2 aromatic rings. The third-order valence-corrected chi connectivity index (χ3v) is 5.84. The van der Waals surface area contributed by atoms with Gasteiger partial charge in [0.2, 0.25) is 11.8 Å². The van der Waals surface area contributed by atoms with Crippen LogP contribution < -0.4 is 10.6 Å². The average molecular weight is 482 g/mol. The van der Waals surface area contributed by atoms with Crippen molar-refractivity contribution in [3.8, 4) is 0 Å². The molecular formula is C25H31N5O5. The number of nitrogens with zero attached hydrogens (tertiary/aromatic N) is 3. The van der Waals surface area contributed by atoms with E-state index in [1.807, 2.05) is 44.2 Å². The summed E-state index contributed by atoms with van der Waals surface area (Å²) in [6.45, 7) is 4.17. The normalized spacial score (nSPS) is 17.0. The zero-order valence-electron chi connectivity index (χ0n) is 19.9. The number of hydrogen-bond donors (Lipinski definition) is 3. The molecule has 3 rings (SSSR count). The summed E-state index contributed by atoms with van der Waals surface area (Å²) in [5, 5.41) is 15.0. The molecule has 2 heterocycles. The fourth-order valence-corrected chi connectivity index (χ4v) is 4.16. The van der Waals surface area contributed by atoms with Gasteiger partial charge >= 0.3 is 5.97 Å². The largest absolute Gasteiger partial charge is 0.480 e.